The third kappa shape index (κ3) is 4.97. The van der Waals surface area contributed by atoms with Crippen molar-refractivity contribution in [3.8, 4) is 5.75 Å². The summed E-state index contributed by atoms with van der Waals surface area (Å²) in [7, 11) is 3.12. The second-order valence-electron chi connectivity index (χ2n) is 4.00. The lowest BCUT2D eigenvalue weighted by Gasteiger charge is -2.12. The maximum absolute atomic E-state index is 11.7. The van der Waals surface area contributed by atoms with Crippen LogP contribution in [0.5, 0.6) is 5.75 Å². The summed E-state index contributed by atoms with van der Waals surface area (Å²) in [5.74, 6) is 0.294. The number of rotatable bonds is 6. The zero-order valence-corrected chi connectivity index (χ0v) is 11.3. The molecule has 6 nitrogen and oxygen atoms in total. The summed E-state index contributed by atoms with van der Waals surface area (Å²) in [6.45, 7) is 1.75. The van der Waals surface area contributed by atoms with Crippen molar-refractivity contribution in [3.63, 3.8) is 0 Å². The number of anilines is 1. The van der Waals surface area contributed by atoms with Crippen LogP contribution in [0.1, 0.15) is 6.92 Å². The first kappa shape index (κ1) is 15.0. The quantitative estimate of drug-likeness (QED) is 0.694. The van der Waals surface area contributed by atoms with Gasteiger partial charge >= 0.3 is 0 Å². The highest BCUT2D eigenvalue weighted by molar-refractivity contribution is 5.93. The van der Waals surface area contributed by atoms with Gasteiger partial charge in [0.2, 0.25) is 11.8 Å². The molecule has 1 aromatic carbocycles. The van der Waals surface area contributed by atoms with Gasteiger partial charge in [-0.3, -0.25) is 14.9 Å². The number of ether oxygens (including phenoxy) is 1. The number of methoxy groups -OCH3 is 1. The number of amides is 2. The van der Waals surface area contributed by atoms with Crippen molar-refractivity contribution in [1.29, 1.82) is 0 Å². The molecule has 1 rings (SSSR count). The van der Waals surface area contributed by atoms with Crippen LogP contribution in [0.4, 0.5) is 5.69 Å². The van der Waals surface area contributed by atoms with E-state index in [0.29, 0.717) is 11.4 Å². The van der Waals surface area contributed by atoms with Crippen LogP contribution in [0.3, 0.4) is 0 Å². The second kappa shape index (κ2) is 7.38. The minimum absolute atomic E-state index is 0.0613. The molecule has 0 saturated carbocycles. The molecule has 0 aliphatic carbocycles. The molecule has 0 aromatic heterocycles. The Morgan fingerprint density at radius 2 is 2.11 bits per heavy atom. The smallest absolute Gasteiger partial charge is 0.238 e. The zero-order valence-electron chi connectivity index (χ0n) is 11.3. The molecular formula is C13H19N3O3. The predicted octanol–water partition coefficient (Wildman–Crippen LogP) is 0.358. The van der Waals surface area contributed by atoms with Crippen molar-refractivity contribution in [3.05, 3.63) is 24.3 Å². The van der Waals surface area contributed by atoms with Crippen molar-refractivity contribution < 1.29 is 14.3 Å². The van der Waals surface area contributed by atoms with E-state index in [1.54, 1.807) is 45.3 Å². The lowest BCUT2D eigenvalue weighted by atomic mass is 10.3. The van der Waals surface area contributed by atoms with E-state index in [2.05, 4.69) is 16.0 Å². The van der Waals surface area contributed by atoms with Crippen LogP contribution in [0.15, 0.2) is 24.3 Å². The first-order valence-corrected chi connectivity index (χ1v) is 5.95. The van der Waals surface area contributed by atoms with E-state index in [9.17, 15) is 9.59 Å². The van der Waals surface area contributed by atoms with Crippen LogP contribution in [-0.2, 0) is 9.59 Å². The fraction of sp³-hybridized carbons (Fsp3) is 0.385. The first-order valence-electron chi connectivity index (χ1n) is 5.95. The van der Waals surface area contributed by atoms with E-state index >= 15 is 0 Å². The number of hydrogen-bond acceptors (Lipinski definition) is 4. The molecule has 0 saturated heterocycles. The standard InChI is InChI=1S/C13H19N3O3/c1-9(13(18)14-2)15-8-12(17)16-10-5-4-6-11(7-10)19-3/h4-7,9,15H,8H2,1-3H3,(H,14,18)(H,16,17). The molecule has 0 bridgehead atoms. The highest BCUT2D eigenvalue weighted by Crippen LogP contribution is 2.16. The molecule has 0 spiro atoms. The fourth-order valence-electron chi connectivity index (χ4n) is 1.46. The van der Waals surface area contributed by atoms with Crippen LogP contribution >= 0.6 is 0 Å². The molecule has 1 unspecified atom stereocenters. The van der Waals surface area contributed by atoms with Gasteiger partial charge in [0.15, 0.2) is 0 Å². The Balaban J connectivity index is 2.44. The van der Waals surface area contributed by atoms with Gasteiger partial charge in [-0.05, 0) is 19.1 Å². The third-order valence-electron chi connectivity index (χ3n) is 2.56. The molecule has 1 atom stereocenters. The zero-order chi connectivity index (χ0) is 14.3. The fourth-order valence-corrected chi connectivity index (χ4v) is 1.46. The molecule has 1 aromatic rings. The van der Waals surface area contributed by atoms with Crippen LogP contribution in [0.25, 0.3) is 0 Å². The van der Waals surface area contributed by atoms with Gasteiger partial charge < -0.3 is 15.4 Å². The number of likely N-dealkylation sites (N-methyl/N-ethyl adjacent to an activating group) is 1. The highest BCUT2D eigenvalue weighted by atomic mass is 16.5. The molecule has 3 N–H and O–H groups in total. The maximum atomic E-state index is 11.7. The van der Waals surface area contributed by atoms with Gasteiger partial charge in [0, 0.05) is 18.8 Å². The summed E-state index contributed by atoms with van der Waals surface area (Å²) >= 11 is 0. The van der Waals surface area contributed by atoms with E-state index in [1.807, 2.05) is 0 Å². The Kier molecular flexibility index (Phi) is 5.81. The number of benzene rings is 1. The van der Waals surface area contributed by atoms with E-state index in [-0.39, 0.29) is 18.4 Å². The third-order valence-corrected chi connectivity index (χ3v) is 2.56. The van der Waals surface area contributed by atoms with Crippen LogP contribution in [0.2, 0.25) is 0 Å². The van der Waals surface area contributed by atoms with E-state index in [1.165, 1.54) is 0 Å². The molecule has 0 radical (unpaired) electrons. The first-order chi connectivity index (χ1) is 9.06. The lowest BCUT2D eigenvalue weighted by Crippen LogP contribution is -2.43. The predicted molar refractivity (Wildman–Crippen MR) is 73.2 cm³/mol. The summed E-state index contributed by atoms with van der Waals surface area (Å²) in [5.41, 5.74) is 0.652. The van der Waals surface area contributed by atoms with Gasteiger partial charge in [0.1, 0.15) is 5.75 Å². The molecule has 0 aliphatic heterocycles. The summed E-state index contributed by atoms with van der Waals surface area (Å²) in [5, 5.41) is 8.05. The Hall–Kier alpha value is -2.08. The second-order valence-corrected chi connectivity index (χ2v) is 4.00. The van der Waals surface area contributed by atoms with Crippen LogP contribution in [-0.4, -0.2) is 38.6 Å². The van der Waals surface area contributed by atoms with Crippen LogP contribution < -0.4 is 20.7 Å². The summed E-state index contributed by atoms with van der Waals surface area (Å²) < 4.78 is 5.06. The van der Waals surface area contributed by atoms with E-state index in [4.69, 9.17) is 4.74 Å². The molecule has 0 aliphatic rings. The van der Waals surface area contributed by atoms with Crippen molar-refractivity contribution in [2.75, 3.05) is 26.0 Å². The monoisotopic (exact) mass is 265 g/mol. The Morgan fingerprint density at radius 1 is 1.37 bits per heavy atom. The number of hydrogen-bond donors (Lipinski definition) is 3. The Bertz CT molecular complexity index is 449. The summed E-state index contributed by atoms with van der Waals surface area (Å²) in [6.07, 6.45) is 0. The lowest BCUT2D eigenvalue weighted by molar-refractivity contribution is -0.122. The SMILES string of the molecule is CNC(=O)C(C)NCC(=O)Nc1cccc(OC)c1. The molecule has 6 heteroatoms. The minimum Gasteiger partial charge on any atom is -0.497 e. The average molecular weight is 265 g/mol. The van der Waals surface area contributed by atoms with E-state index < -0.39 is 6.04 Å². The Morgan fingerprint density at radius 3 is 2.74 bits per heavy atom. The van der Waals surface area contributed by atoms with Gasteiger partial charge in [-0.25, -0.2) is 0 Å². The van der Waals surface area contributed by atoms with Gasteiger partial charge in [0.05, 0.1) is 19.7 Å². The number of carbonyl (C=O) groups excluding carboxylic acids is 2. The molecule has 2 amide bonds. The molecule has 0 heterocycles. The minimum atomic E-state index is -0.416. The molecule has 19 heavy (non-hydrogen) atoms. The molecule has 0 fully saturated rings. The normalized spacial score (nSPS) is 11.5. The molecular weight excluding hydrogens is 246 g/mol. The number of carbonyl (C=O) groups is 2. The van der Waals surface area contributed by atoms with Gasteiger partial charge in [-0.15, -0.1) is 0 Å². The van der Waals surface area contributed by atoms with Gasteiger partial charge in [0.25, 0.3) is 0 Å². The highest BCUT2D eigenvalue weighted by Gasteiger charge is 2.11. The Labute approximate surface area is 112 Å². The summed E-state index contributed by atoms with van der Waals surface area (Å²) in [6, 6.07) is 6.65. The van der Waals surface area contributed by atoms with Crippen LogP contribution in [0, 0.1) is 0 Å². The topological polar surface area (TPSA) is 79.5 Å². The maximum Gasteiger partial charge on any atom is 0.238 e. The van der Waals surface area contributed by atoms with Crippen molar-refractivity contribution >= 4 is 17.5 Å². The van der Waals surface area contributed by atoms with Crippen molar-refractivity contribution in [2.45, 2.75) is 13.0 Å². The van der Waals surface area contributed by atoms with Crippen molar-refractivity contribution in [2.24, 2.45) is 0 Å². The molecule has 104 valence electrons. The van der Waals surface area contributed by atoms with Crippen molar-refractivity contribution in [1.82, 2.24) is 10.6 Å². The number of nitrogens with one attached hydrogen (secondary N) is 3. The van der Waals surface area contributed by atoms with Gasteiger partial charge in [-0.1, -0.05) is 6.07 Å². The average Bonchev–Trinajstić information content (AvgIpc) is 2.44. The van der Waals surface area contributed by atoms with Gasteiger partial charge in [-0.2, -0.15) is 0 Å². The van der Waals surface area contributed by atoms with E-state index in [0.717, 1.165) is 0 Å². The largest absolute Gasteiger partial charge is 0.497 e. The summed E-state index contributed by atoms with van der Waals surface area (Å²) in [4.78, 5) is 22.9.